The Morgan fingerprint density at radius 2 is 2.27 bits per heavy atom. The van der Waals surface area contributed by atoms with Gasteiger partial charge in [-0.3, -0.25) is 4.79 Å². The SMILES string of the molecule is CC1(C)OC2C(CN=[N+]=[N-])OC(n3cnc(C(N)=O)n3)C2O1. The number of primary amides is 1. The van der Waals surface area contributed by atoms with Crippen LogP contribution in [0.5, 0.6) is 0 Å². The van der Waals surface area contributed by atoms with Crippen LogP contribution in [0.3, 0.4) is 0 Å². The number of nitrogens with two attached hydrogens (primary N) is 1. The number of hydrogen-bond donors (Lipinski definition) is 1. The highest BCUT2D eigenvalue weighted by Gasteiger charge is 2.55. The number of rotatable bonds is 4. The number of nitrogens with zero attached hydrogens (tertiary/aromatic N) is 6. The third kappa shape index (κ3) is 2.50. The minimum Gasteiger partial charge on any atom is -0.363 e. The molecule has 0 spiro atoms. The van der Waals surface area contributed by atoms with Crippen molar-refractivity contribution in [1.29, 1.82) is 0 Å². The van der Waals surface area contributed by atoms with E-state index in [-0.39, 0.29) is 12.4 Å². The Labute approximate surface area is 125 Å². The first-order valence-electron chi connectivity index (χ1n) is 6.64. The summed E-state index contributed by atoms with van der Waals surface area (Å²) in [6, 6.07) is 0. The van der Waals surface area contributed by atoms with Crippen LogP contribution in [0, 0.1) is 0 Å². The number of carbonyl (C=O) groups excluding carboxylic acids is 1. The summed E-state index contributed by atoms with van der Waals surface area (Å²) in [7, 11) is 0. The molecule has 0 saturated carbocycles. The maximum atomic E-state index is 11.1. The van der Waals surface area contributed by atoms with E-state index in [1.165, 1.54) is 11.0 Å². The molecule has 118 valence electrons. The fraction of sp³-hybridized carbons (Fsp3) is 0.727. The van der Waals surface area contributed by atoms with Crippen LogP contribution in [0.15, 0.2) is 11.4 Å². The van der Waals surface area contributed by atoms with Crippen LogP contribution in [-0.4, -0.2) is 51.3 Å². The minimum atomic E-state index is -0.793. The number of azide groups is 1. The van der Waals surface area contributed by atoms with Crippen molar-refractivity contribution in [2.24, 2.45) is 10.8 Å². The molecule has 3 rings (SSSR count). The molecule has 3 heterocycles. The molecule has 4 atom stereocenters. The van der Waals surface area contributed by atoms with Crippen molar-refractivity contribution in [2.75, 3.05) is 6.54 Å². The van der Waals surface area contributed by atoms with Crippen LogP contribution in [-0.2, 0) is 14.2 Å². The first kappa shape index (κ1) is 14.7. The number of ether oxygens (including phenoxy) is 3. The molecule has 0 bridgehead atoms. The first-order chi connectivity index (χ1) is 10.4. The lowest BCUT2D eigenvalue weighted by atomic mass is 10.1. The van der Waals surface area contributed by atoms with Crippen molar-refractivity contribution in [3.63, 3.8) is 0 Å². The molecule has 2 fully saturated rings. The number of hydrogen-bond acceptors (Lipinski definition) is 7. The third-order valence-corrected chi connectivity index (χ3v) is 3.44. The van der Waals surface area contributed by atoms with Gasteiger partial charge < -0.3 is 19.9 Å². The zero-order chi connectivity index (χ0) is 15.9. The quantitative estimate of drug-likeness (QED) is 0.473. The van der Waals surface area contributed by atoms with Crippen molar-refractivity contribution < 1.29 is 19.0 Å². The predicted octanol–water partition coefficient (Wildman–Crippen LogP) is 0.105. The Hall–Kier alpha value is -2.20. The van der Waals surface area contributed by atoms with Gasteiger partial charge in [-0.2, -0.15) is 0 Å². The predicted molar refractivity (Wildman–Crippen MR) is 70.3 cm³/mol. The van der Waals surface area contributed by atoms with E-state index >= 15 is 0 Å². The van der Waals surface area contributed by atoms with Gasteiger partial charge in [-0.05, 0) is 19.4 Å². The lowest BCUT2D eigenvalue weighted by molar-refractivity contribution is -0.196. The van der Waals surface area contributed by atoms with E-state index in [2.05, 4.69) is 20.1 Å². The van der Waals surface area contributed by atoms with Gasteiger partial charge in [-0.25, -0.2) is 9.67 Å². The molecule has 2 saturated heterocycles. The van der Waals surface area contributed by atoms with Gasteiger partial charge in [-0.15, -0.1) is 5.10 Å². The van der Waals surface area contributed by atoms with Crippen molar-refractivity contribution in [1.82, 2.24) is 14.8 Å². The van der Waals surface area contributed by atoms with E-state index < -0.39 is 36.2 Å². The summed E-state index contributed by atoms with van der Waals surface area (Å²) in [5.41, 5.74) is 13.6. The van der Waals surface area contributed by atoms with Gasteiger partial charge in [0.05, 0.1) is 12.6 Å². The van der Waals surface area contributed by atoms with E-state index in [1.54, 1.807) is 13.8 Å². The first-order valence-corrected chi connectivity index (χ1v) is 6.64. The van der Waals surface area contributed by atoms with E-state index in [9.17, 15) is 4.79 Å². The second-order valence-electron chi connectivity index (χ2n) is 5.46. The van der Waals surface area contributed by atoms with Crippen LogP contribution in [0.2, 0.25) is 0 Å². The average molecular weight is 309 g/mol. The molecule has 0 aliphatic carbocycles. The van der Waals surface area contributed by atoms with E-state index in [1.807, 2.05) is 0 Å². The van der Waals surface area contributed by atoms with Gasteiger partial charge >= 0.3 is 0 Å². The van der Waals surface area contributed by atoms with Crippen molar-refractivity contribution >= 4 is 5.91 Å². The molecule has 11 heteroatoms. The summed E-state index contributed by atoms with van der Waals surface area (Å²) in [6.07, 6.45) is -0.657. The molecular weight excluding hydrogens is 294 g/mol. The van der Waals surface area contributed by atoms with Crippen LogP contribution >= 0.6 is 0 Å². The summed E-state index contributed by atoms with van der Waals surface area (Å²) in [4.78, 5) is 17.6. The van der Waals surface area contributed by atoms with E-state index in [0.29, 0.717) is 0 Å². The van der Waals surface area contributed by atoms with Gasteiger partial charge in [0.2, 0.25) is 5.82 Å². The molecule has 2 aliphatic rings. The Kier molecular flexibility index (Phi) is 3.49. The Morgan fingerprint density at radius 1 is 1.55 bits per heavy atom. The van der Waals surface area contributed by atoms with Gasteiger partial charge in [0.1, 0.15) is 18.5 Å². The highest BCUT2D eigenvalue weighted by Crippen LogP contribution is 2.42. The molecule has 0 radical (unpaired) electrons. The van der Waals surface area contributed by atoms with Crippen LogP contribution in [0.1, 0.15) is 30.7 Å². The normalized spacial score (nSPS) is 32.5. The van der Waals surface area contributed by atoms with Crippen molar-refractivity contribution in [2.45, 2.75) is 44.2 Å². The van der Waals surface area contributed by atoms with Gasteiger partial charge in [0.15, 0.2) is 12.0 Å². The molecular formula is C11H15N7O4. The van der Waals surface area contributed by atoms with Gasteiger partial charge in [0, 0.05) is 4.91 Å². The van der Waals surface area contributed by atoms with Crippen molar-refractivity contribution in [3.8, 4) is 0 Å². The largest absolute Gasteiger partial charge is 0.363 e. The zero-order valence-electron chi connectivity index (χ0n) is 12.0. The molecule has 4 unspecified atom stereocenters. The molecule has 1 aromatic rings. The van der Waals surface area contributed by atoms with Crippen molar-refractivity contribution in [3.05, 3.63) is 22.6 Å². The lowest BCUT2D eigenvalue weighted by Crippen LogP contribution is -2.31. The molecule has 1 amide bonds. The lowest BCUT2D eigenvalue weighted by Gasteiger charge is -2.23. The topological polar surface area (TPSA) is 150 Å². The number of fused-ring (bicyclic) bond motifs is 1. The summed E-state index contributed by atoms with van der Waals surface area (Å²) in [5.74, 6) is -1.64. The number of aromatic nitrogens is 3. The molecule has 2 aliphatic heterocycles. The zero-order valence-corrected chi connectivity index (χ0v) is 12.0. The van der Waals surface area contributed by atoms with Crippen LogP contribution in [0.4, 0.5) is 0 Å². The number of carbonyl (C=O) groups is 1. The van der Waals surface area contributed by atoms with Crippen LogP contribution < -0.4 is 5.73 Å². The number of amides is 1. The highest BCUT2D eigenvalue weighted by molar-refractivity contribution is 5.88. The maximum absolute atomic E-state index is 11.1. The second-order valence-corrected chi connectivity index (χ2v) is 5.46. The average Bonchev–Trinajstić information content (AvgIpc) is 3.09. The summed E-state index contributed by atoms with van der Waals surface area (Å²) in [5, 5.41) is 7.51. The molecule has 1 aromatic heterocycles. The monoisotopic (exact) mass is 309 g/mol. The van der Waals surface area contributed by atoms with E-state index in [4.69, 9.17) is 25.5 Å². The summed E-state index contributed by atoms with van der Waals surface area (Å²) >= 11 is 0. The Balaban J connectivity index is 1.87. The van der Waals surface area contributed by atoms with Crippen LogP contribution in [0.25, 0.3) is 10.4 Å². The fourth-order valence-electron chi connectivity index (χ4n) is 2.65. The van der Waals surface area contributed by atoms with Gasteiger partial charge in [-0.1, -0.05) is 5.11 Å². The molecule has 2 N–H and O–H groups in total. The second kappa shape index (κ2) is 5.21. The molecule has 22 heavy (non-hydrogen) atoms. The summed E-state index contributed by atoms with van der Waals surface area (Å²) in [6.45, 7) is 3.66. The highest BCUT2D eigenvalue weighted by atomic mass is 16.8. The minimum absolute atomic E-state index is 0.102. The standard InChI is InChI=1S/C11H15N7O4/c1-11(2)21-6-5(3-15-17-13)20-10(7(6)22-11)18-4-14-9(16-18)8(12)19/h4-7,10H,3H2,1-2H3,(H2,12,19). The maximum Gasteiger partial charge on any atom is 0.288 e. The third-order valence-electron chi connectivity index (χ3n) is 3.44. The fourth-order valence-corrected chi connectivity index (χ4v) is 2.65. The molecule has 11 nitrogen and oxygen atoms in total. The van der Waals surface area contributed by atoms with Gasteiger partial charge in [0.25, 0.3) is 5.91 Å². The Morgan fingerprint density at radius 3 is 2.91 bits per heavy atom. The molecule has 0 aromatic carbocycles. The smallest absolute Gasteiger partial charge is 0.288 e. The van der Waals surface area contributed by atoms with E-state index in [0.717, 1.165) is 0 Å². The Bertz CT molecular complexity index is 638. The summed E-state index contributed by atoms with van der Waals surface area (Å²) < 4.78 is 18.8.